The van der Waals surface area contributed by atoms with Crippen LogP contribution in [0.1, 0.15) is 29.2 Å². The molecule has 0 aliphatic carbocycles. The van der Waals surface area contributed by atoms with Crippen molar-refractivity contribution >= 4 is 11.3 Å². The van der Waals surface area contributed by atoms with E-state index in [0.29, 0.717) is 4.68 Å². The van der Waals surface area contributed by atoms with Crippen molar-refractivity contribution in [1.82, 2.24) is 19.8 Å². The Hall–Kier alpha value is -3.61. The molecule has 7 nitrogen and oxygen atoms in total. The molecule has 170 valence electrons. The smallest absolute Gasteiger partial charge is 0.410 e. The van der Waals surface area contributed by atoms with Crippen LogP contribution < -0.4 is 11.6 Å². The number of allylic oxidation sites excluding steroid dienone is 1. The van der Waals surface area contributed by atoms with Gasteiger partial charge >= 0.3 is 18.0 Å². The molecule has 0 fully saturated rings. The molecule has 2 N–H and O–H groups in total. The van der Waals surface area contributed by atoms with Crippen molar-refractivity contribution in [2.45, 2.75) is 19.3 Å². The molecule has 0 bridgehead atoms. The third kappa shape index (κ3) is 4.23. The molecule has 0 radical (unpaired) electrons. The van der Waals surface area contributed by atoms with E-state index in [-0.39, 0.29) is 16.8 Å². The van der Waals surface area contributed by atoms with E-state index in [1.807, 2.05) is 0 Å². The van der Waals surface area contributed by atoms with Gasteiger partial charge in [0.05, 0.1) is 22.4 Å². The molecule has 3 aromatic rings. The minimum atomic E-state index is -4.92. The molecule has 0 unspecified atom stereocenters. The SMILES string of the molecule is C/C(=C(\ON)c1c(-n2nnn(C)c2=O)cccc1C(F)(F)F)c1cccc(C(F)(F)F)c1. The van der Waals surface area contributed by atoms with Crippen molar-refractivity contribution in [1.29, 1.82) is 0 Å². The molecule has 0 aliphatic heterocycles. The average Bonchev–Trinajstić information content (AvgIpc) is 3.05. The van der Waals surface area contributed by atoms with Gasteiger partial charge in [-0.05, 0) is 47.2 Å². The maximum Gasteiger partial charge on any atom is 0.417 e. The van der Waals surface area contributed by atoms with E-state index in [1.165, 1.54) is 20.0 Å². The van der Waals surface area contributed by atoms with Crippen LogP contribution in [0.4, 0.5) is 26.3 Å². The normalized spacial score (nSPS) is 13.2. The van der Waals surface area contributed by atoms with Gasteiger partial charge in [0.1, 0.15) is 0 Å². The number of aryl methyl sites for hydroxylation is 1. The number of benzene rings is 2. The van der Waals surface area contributed by atoms with Gasteiger partial charge < -0.3 is 4.84 Å². The van der Waals surface area contributed by atoms with Crippen LogP contribution in [0.25, 0.3) is 17.0 Å². The van der Waals surface area contributed by atoms with Crippen LogP contribution in [0.5, 0.6) is 0 Å². The summed E-state index contributed by atoms with van der Waals surface area (Å²) < 4.78 is 82.2. The fraction of sp³-hybridized carbons (Fsp3) is 0.211. The molecule has 1 aromatic heterocycles. The van der Waals surface area contributed by atoms with Gasteiger partial charge in [0.15, 0.2) is 5.76 Å². The molecule has 0 saturated carbocycles. The van der Waals surface area contributed by atoms with Gasteiger partial charge in [-0.25, -0.2) is 4.79 Å². The minimum absolute atomic E-state index is 0.0882. The molecule has 13 heteroatoms. The Kier molecular flexibility index (Phi) is 5.87. The van der Waals surface area contributed by atoms with Crippen LogP contribution in [-0.2, 0) is 24.2 Å². The lowest BCUT2D eigenvalue weighted by Gasteiger charge is -2.19. The summed E-state index contributed by atoms with van der Waals surface area (Å²) in [6.07, 6.45) is -9.60. The predicted molar refractivity (Wildman–Crippen MR) is 101 cm³/mol. The first-order valence-corrected chi connectivity index (χ1v) is 8.81. The highest BCUT2D eigenvalue weighted by atomic mass is 19.4. The maximum absolute atomic E-state index is 13.8. The molecule has 2 aromatic carbocycles. The Morgan fingerprint density at radius 3 is 2.19 bits per heavy atom. The van der Waals surface area contributed by atoms with E-state index < -0.39 is 40.5 Å². The maximum atomic E-state index is 13.8. The van der Waals surface area contributed by atoms with Crippen LogP contribution in [0, 0.1) is 0 Å². The number of halogens is 6. The molecule has 0 saturated heterocycles. The van der Waals surface area contributed by atoms with Crippen LogP contribution >= 0.6 is 0 Å². The van der Waals surface area contributed by atoms with E-state index >= 15 is 0 Å². The van der Waals surface area contributed by atoms with Gasteiger partial charge in [-0.2, -0.15) is 41.6 Å². The molecular weight excluding hydrogens is 444 g/mol. The van der Waals surface area contributed by atoms with Crippen molar-refractivity contribution in [2.75, 3.05) is 0 Å². The summed E-state index contributed by atoms with van der Waals surface area (Å²) in [5.74, 6) is 4.70. The number of alkyl halides is 6. The third-order valence-electron chi connectivity index (χ3n) is 4.61. The zero-order valence-electron chi connectivity index (χ0n) is 16.5. The van der Waals surface area contributed by atoms with Crippen LogP contribution in [0.2, 0.25) is 0 Å². The van der Waals surface area contributed by atoms with E-state index in [9.17, 15) is 31.1 Å². The Bertz CT molecular complexity index is 1240. The second kappa shape index (κ2) is 8.15. The van der Waals surface area contributed by atoms with Gasteiger partial charge in [-0.3, -0.25) is 0 Å². The summed E-state index contributed by atoms with van der Waals surface area (Å²) in [5.41, 5.74) is -4.38. The average molecular weight is 459 g/mol. The van der Waals surface area contributed by atoms with Crippen molar-refractivity contribution < 1.29 is 31.2 Å². The lowest BCUT2D eigenvalue weighted by atomic mass is 9.96. The number of rotatable bonds is 4. The Morgan fingerprint density at radius 1 is 1.00 bits per heavy atom. The summed E-state index contributed by atoms with van der Waals surface area (Å²) >= 11 is 0. The van der Waals surface area contributed by atoms with Crippen LogP contribution in [0.15, 0.2) is 47.3 Å². The van der Waals surface area contributed by atoms with Gasteiger partial charge in [-0.1, -0.05) is 18.2 Å². The first kappa shape index (κ1) is 23.1. The van der Waals surface area contributed by atoms with Gasteiger partial charge in [0.25, 0.3) is 0 Å². The highest BCUT2D eigenvalue weighted by Crippen LogP contribution is 2.40. The summed E-state index contributed by atoms with van der Waals surface area (Å²) in [7, 11) is 1.24. The van der Waals surface area contributed by atoms with Crippen LogP contribution in [-0.4, -0.2) is 19.8 Å². The number of nitrogens with two attached hydrogens (primary N) is 1. The number of aromatic nitrogens is 4. The van der Waals surface area contributed by atoms with Crippen molar-refractivity contribution in [2.24, 2.45) is 12.9 Å². The summed E-state index contributed by atoms with van der Waals surface area (Å²) in [6.45, 7) is 1.24. The second-order valence-electron chi connectivity index (χ2n) is 6.64. The Labute approximate surface area is 176 Å². The van der Waals surface area contributed by atoms with Crippen LogP contribution in [0.3, 0.4) is 0 Å². The minimum Gasteiger partial charge on any atom is -0.410 e. The fourth-order valence-corrected chi connectivity index (χ4v) is 3.05. The second-order valence-corrected chi connectivity index (χ2v) is 6.64. The van der Waals surface area contributed by atoms with Crippen molar-refractivity contribution in [3.63, 3.8) is 0 Å². The third-order valence-corrected chi connectivity index (χ3v) is 4.61. The molecular formula is C19H15F6N5O2. The molecule has 1 heterocycles. The fourth-order valence-electron chi connectivity index (χ4n) is 3.05. The largest absolute Gasteiger partial charge is 0.417 e. The van der Waals surface area contributed by atoms with E-state index in [1.54, 1.807) is 0 Å². The molecule has 3 rings (SSSR count). The number of hydrogen-bond donors (Lipinski definition) is 1. The monoisotopic (exact) mass is 459 g/mol. The zero-order chi connectivity index (χ0) is 23.8. The number of nitrogens with zero attached hydrogens (tertiary/aromatic N) is 4. The first-order valence-electron chi connectivity index (χ1n) is 8.81. The topological polar surface area (TPSA) is 88.0 Å². The summed E-state index contributed by atoms with van der Waals surface area (Å²) in [5, 5.41) is 7.02. The first-order chi connectivity index (χ1) is 14.9. The highest BCUT2D eigenvalue weighted by molar-refractivity contribution is 5.90. The zero-order valence-corrected chi connectivity index (χ0v) is 16.5. The lowest BCUT2D eigenvalue weighted by molar-refractivity contribution is -0.138. The van der Waals surface area contributed by atoms with Crippen molar-refractivity contribution in [3.8, 4) is 5.69 Å². The van der Waals surface area contributed by atoms with Gasteiger partial charge in [-0.15, -0.1) is 0 Å². The van der Waals surface area contributed by atoms with E-state index in [2.05, 4.69) is 10.4 Å². The quantitative estimate of drug-likeness (QED) is 0.278. The molecule has 32 heavy (non-hydrogen) atoms. The molecule has 0 amide bonds. The predicted octanol–water partition coefficient (Wildman–Crippen LogP) is 3.78. The molecule has 0 spiro atoms. The Balaban J connectivity index is 2.38. The number of tetrazole rings is 1. The van der Waals surface area contributed by atoms with E-state index in [0.717, 1.165) is 41.1 Å². The van der Waals surface area contributed by atoms with E-state index in [4.69, 9.17) is 10.7 Å². The highest BCUT2D eigenvalue weighted by Gasteiger charge is 2.37. The summed E-state index contributed by atoms with van der Waals surface area (Å²) in [6, 6.07) is 6.83. The number of hydrogen-bond acceptors (Lipinski definition) is 5. The lowest BCUT2D eigenvalue weighted by Crippen LogP contribution is -2.24. The van der Waals surface area contributed by atoms with Gasteiger partial charge in [0.2, 0.25) is 0 Å². The molecule has 0 atom stereocenters. The standard InChI is InChI=1S/C19H15F6N5O2/c1-10(11-5-3-6-12(9-11)18(20,21)22)16(32-26)15-13(19(23,24)25)7-4-8-14(15)30-17(31)29(2)27-28-30/h3-9H,26H2,1-2H3/b16-10+. The van der Waals surface area contributed by atoms with Gasteiger partial charge in [0, 0.05) is 12.6 Å². The summed E-state index contributed by atoms with van der Waals surface area (Å²) in [4.78, 5) is 17.0. The molecule has 0 aliphatic rings. The van der Waals surface area contributed by atoms with Crippen molar-refractivity contribution in [3.05, 3.63) is 75.2 Å². The Morgan fingerprint density at radius 2 is 1.66 bits per heavy atom.